The number of ketones is 1. The van der Waals surface area contributed by atoms with Crippen LogP contribution in [0.3, 0.4) is 0 Å². The highest BCUT2D eigenvalue weighted by Gasteiger charge is 2.23. The molecule has 2 rings (SSSR count). The molecule has 5 heteroatoms. The number of benzene rings is 1. The SMILES string of the molecule is CCCCCC(OS)C(=N)C(=O)c1cc(-c2ccccc2)cs1. The zero-order valence-electron chi connectivity index (χ0n) is 13.1. The fourth-order valence-corrected chi connectivity index (χ4v) is 3.43. The van der Waals surface area contributed by atoms with Crippen molar-refractivity contribution in [1.82, 2.24) is 0 Å². The third kappa shape index (κ3) is 4.77. The number of thiol groups is 1. The van der Waals surface area contributed by atoms with Crippen molar-refractivity contribution in [1.29, 1.82) is 5.41 Å². The van der Waals surface area contributed by atoms with E-state index in [2.05, 4.69) is 19.8 Å². The molecule has 0 amide bonds. The van der Waals surface area contributed by atoms with Gasteiger partial charge in [-0.3, -0.25) is 10.2 Å². The molecule has 2 aromatic rings. The topological polar surface area (TPSA) is 50.1 Å². The smallest absolute Gasteiger partial charge is 0.219 e. The van der Waals surface area contributed by atoms with E-state index in [0.717, 1.165) is 30.4 Å². The molecular formula is C18H21NO2S2. The fourth-order valence-electron chi connectivity index (χ4n) is 2.35. The van der Waals surface area contributed by atoms with Gasteiger partial charge in [0.05, 0.1) is 4.88 Å². The number of hydrogen-bond donors (Lipinski definition) is 2. The lowest BCUT2D eigenvalue weighted by atomic mass is 10.0. The summed E-state index contributed by atoms with van der Waals surface area (Å²) in [6.45, 7) is 2.11. The van der Waals surface area contributed by atoms with Gasteiger partial charge < -0.3 is 4.18 Å². The Labute approximate surface area is 146 Å². The third-order valence-corrected chi connectivity index (χ3v) is 4.88. The van der Waals surface area contributed by atoms with Crippen molar-refractivity contribution < 1.29 is 8.98 Å². The molecule has 1 atom stereocenters. The molecular weight excluding hydrogens is 326 g/mol. The summed E-state index contributed by atoms with van der Waals surface area (Å²) in [5.74, 6) is -0.271. The average molecular weight is 348 g/mol. The van der Waals surface area contributed by atoms with Gasteiger partial charge in [-0.25, -0.2) is 0 Å². The van der Waals surface area contributed by atoms with E-state index in [-0.39, 0.29) is 11.5 Å². The van der Waals surface area contributed by atoms with Crippen molar-refractivity contribution in [3.05, 3.63) is 46.7 Å². The molecule has 0 spiro atoms. The maximum Gasteiger partial charge on any atom is 0.219 e. The van der Waals surface area contributed by atoms with Crippen LogP contribution in [0.1, 0.15) is 42.3 Å². The lowest BCUT2D eigenvalue weighted by Crippen LogP contribution is -2.28. The van der Waals surface area contributed by atoms with Gasteiger partial charge in [0.2, 0.25) is 5.78 Å². The molecule has 0 aliphatic carbocycles. The van der Waals surface area contributed by atoms with Gasteiger partial charge in [-0.05, 0) is 41.9 Å². The van der Waals surface area contributed by atoms with Gasteiger partial charge in [0.15, 0.2) is 0 Å². The van der Waals surface area contributed by atoms with E-state index in [1.165, 1.54) is 11.3 Å². The van der Waals surface area contributed by atoms with E-state index in [0.29, 0.717) is 11.3 Å². The first kappa shape index (κ1) is 17.9. The molecule has 0 saturated heterocycles. The number of carbonyl (C=O) groups excluding carboxylic acids is 1. The normalized spacial score (nSPS) is 12.1. The minimum atomic E-state index is -0.542. The summed E-state index contributed by atoms with van der Waals surface area (Å²) in [6, 6.07) is 11.8. The Hall–Kier alpha value is -1.43. The molecule has 0 aliphatic rings. The van der Waals surface area contributed by atoms with Crippen molar-refractivity contribution in [2.24, 2.45) is 0 Å². The second kappa shape index (κ2) is 9.01. The maximum absolute atomic E-state index is 12.5. The Morgan fingerprint density at radius 2 is 2.00 bits per heavy atom. The van der Waals surface area contributed by atoms with Crippen molar-refractivity contribution >= 4 is 35.7 Å². The highest BCUT2D eigenvalue weighted by Crippen LogP contribution is 2.26. The molecule has 122 valence electrons. The molecule has 0 bridgehead atoms. The maximum atomic E-state index is 12.5. The van der Waals surface area contributed by atoms with Crippen molar-refractivity contribution in [2.75, 3.05) is 0 Å². The van der Waals surface area contributed by atoms with Crippen LogP contribution in [0.25, 0.3) is 11.1 Å². The zero-order valence-corrected chi connectivity index (χ0v) is 14.8. The van der Waals surface area contributed by atoms with Crippen LogP contribution in [0.5, 0.6) is 0 Å². The van der Waals surface area contributed by atoms with Crippen LogP contribution in [-0.2, 0) is 4.18 Å². The van der Waals surface area contributed by atoms with Gasteiger partial charge >= 0.3 is 0 Å². The number of rotatable bonds is 9. The van der Waals surface area contributed by atoms with E-state index in [9.17, 15) is 4.79 Å². The molecule has 1 aromatic carbocycles. The van der Waals surface area contributed by atoms with Crippen LogP contribution in [-0.4, -0.2) is 17.6 Å². The van der Waals surface area contributed by atoms with Gasteiger partial charge in [0.1, 0.15) is 11.8 Å². The number of hydrogen-bond acceptors (Lipinski definition) is 5. The van der Waals surface area contributed by atoms with Crippen LogP contribution in [0.2, 0.25) is 0 Å². The van der Waals surface area contributed by atoms with Crippen molar-refractivity contribution in [3.63, 3.8) is 0 Å². The number of unbranched alkanes of at least 4 members (excludes halogenated alkanes) is 2. The zero-order chi connectivity index (χ0) is 16.7. The Balaban J connectivity index is 2.07. The third-order valence-electron chi connectivity index (χ3n) is 3.69. The van der Waals surface area contributed by atoms with Crippen LogP contribution in [0.4, 0.5) is 0 Å². The van der Waals surface area contributed by atoms with Crippen molar-refractivity contribution in [3.8, 4) is 11.1 Å². The molecule has 3 nitrogen and oxygen atoms in total. The predicted octanol–water partition coefficient (Wildman–Crippen LogP) is 5.43. The Morgan fingerprint density at radius 3 is 2.65 bits per heavy atom. The molecule has 1 heterocycles. The molecule has 0 aliphatic heterocycles. The Kier molecular flexibility index (Phi) is 7.02. The lowest BCUT2D eigenvalue weighted by molar-refractivity contribution is 0.105. The summed E-state index contributed by atoms with van der Waals surface area (Å²) in [6.07, 6.45) is 3.19. The van der Waals surface area contributed by atoms with Crippen LogP contribution >= 0.6 is 24.2 Å². The summed E-state index contributed by atoms with van der Waals surface area (Å²) < 4.78 is 5.05. The summed E-state index contributed by atoms with van der Waals surface area (Å²) in [4.78, 5) is 13.1. The summed E-state index contributed by atoms with van der Waals surface area (Å²) >= 11 is 5.20. The molecule has 1 N–H and O–H groups in total. The standard InChI is InChI=1S/C18H21NO2S2/c1-2-3-5-10-15(21-22)17(19)18(20)16-11-14(12-23-16)13-8-6-4-7-9-13/h4,6-9,11-12,15,19,22H,2-3,5,10H2,1H3. The predicted molar refractivity (Wildman–Crippen MR) is 99.8 cm³/mol. The number of thiophene rings is 1. The number of nitrogens with one attached hydrogen (secondary N) is 1. The molecule has 0 radical (unpaired) electrons. The largest absolute Gasteiger partial charge is 0.309 e. The minimum Gasteiger partial charge on any atom is -0.309 e. The first-order valence-corrected chi connectivity index (χ1v) is 8.99. The summed E-state index contributed by atoms with van der Waals surface area (Å²) in [7, 11) is 0. The first-order valence-electron chi connectivity index (χ1n) is 7.74. The second-order valence-corrected chi connectivity index (χ2v) is 6.52. The van der Waals surface area contributed by atoms with Gasteiger partial charge in [-0.1, -0.05) is 56.5 Å². The quantitative estimate of drug-likeness (QED) is 0.209. The summed E-state index contributed by atoms with van der Waals surface area (Å²) in [5.41, 5.74) is 2.05. The summed E-state index contributed by atoms with van der Waals surface area (Å²) in [5, 5.41) is 10.1. The molecule has 1 unspecified atom stereocenters. The van der Waals surface area contributed by atoms with E-state index >= 15 is 0 Å². The first-order chi connectivity index (χ1) is 11.2. The van der Waals surface area contributed by atoms with Gasteiger partial charge in [0, 0.05) is 0 Å². The van der Waals surface area contributed by atoms with Gasteiger partial charge in [-0.2, -0.15) is 0 Å². The number of carbonyl (C=O) groups is 1. The number of Topliss-reactive ketones (excluding diaryl/α,β-unsaturated/α-hetero) is 1. The Morgan fingerprint density at radius 1 is 1.26 bits per heavy atom. The van der Waals surface area contributed by atoms with Gasteiger partial charge in [-0.15, -0.1) is 11.3 Å². The van der Waals surface area contributed by atoms with Crippen LogP contribution < -0.4 is 0 Å². The second-order valence-electron chi connectivity index (χ2n) is 5.40. The molecule has 0 saturated carbocycles. The molecule has 1 aromatic heterocycles. The Bertz CT molecular complexity index is 652. The van der Waals surface area contributed by atoms with Crippen molar-refractivity contribution in [2.45, 2.75) is 38.7 Å². The highest BCUT2D eigenvalue weighted by molar-refractivity contribution is 7.75. The molecule has 0 fully saturated rings. The van der Waals surface area contributed by atoms with E-state index < -0.39 is 6.10 Å². The molecule has 23 heavy (non-hydrogen) atoms. The van der Waals surface area contributed by atoms with Crippen LogP contribution in [0, 0.1) is 5.41 Å². The van der Waals surface area contributed by atoms with E-state index in [1.807, 2.05) is 41.8 Å². The lowest BCUT2D eigenvalue weighted by Gasteiger charge is -2.13. The average Bonchev–Trinajstić information content (AvgIpc) is 3.08. The fraction of sp³-hybridized carbons (Fsp3) is 0.333. The van der Waals surface area contributed by atoms with Gasteiger partial charge in [0.25, 0.3) is 0 Å². The highest BCUT2D eigenvalue weighted by atomic mass is 32.1. The monoisotopic (exact) mass is 347 g/mol. The van der Waals surface area contributed by atoms with E-state index in [1.54, 1.807) is 0 Å². The minimum absolute atomic E-state index is 0.0161. The van der Waals surface area contributed by atoms with Crippen LogP contribution in [0.15, 0.2) is 41.8 Å². The van der Waals surface area contributed by atoms with E-state index in [4.69, 9.17) is 9.59 Å².